The molecule has 0 saturated carbocycles. The minimum absolute atomic E-state index is 0.183. The van der Waals surface area contributed by atoms with Gasteiger partial charge in [0.2, 0.25) is 5.91 Å². The quantitative estimate of drug-likeness (QED) is 0.682. The van der Waals surface area contributed by atoms with E-state index in [4.69, 9.17) is 9.47 Å². The number of fused-ring (bicyclic) bond motifs is 1. The Morgan fingerprint density at radius 3 is 2.50 bits per heavy atom. The maximum atomic E-state index is 14.1. The summed E-state index contributed by atoms with van der Waals surface area (Å²) in [6.45, 7) is -0.183. The first kappa shape index (κ1) is 19.9. The number of carbonyl (C=O) groups is 2. The molecule has 2 amide bonds. The second-order valence-electron chi connectivity index (χ2n) is 6.73. The fraction of sp³-hybridized carbons (Fsp3) is 0.182. The van der Waals surface area contributed by atoms with Crippen LogP contribution in [-0.4, -0.2) is 37.5 Å². The van der Waals surface area contributed by atoms with E-state index in [-0.39, 0.29) is 12.5 Å². The Bertz CT molecular complexity index is 1080. The number of nitrogens with zero attached hydrogens (tertiary/aromatic N) is 1. The van der Waals surface area contributed by atoms with Crippen molar-refractivity contribution in [3.8, 4) is 11.5 Å². The van der Waals surface area contributed by atoms with Gasteiger partial charge >= 0.3 is 0 Å². The highest BCUT2D eigenvalue weighted by Gasteiger charge is 2.35. The molecule has 1 aliphatic rings. The number of amides is 2. The van der Waals surface area contributed by atoms with Crippen LogP contribution in [0.5, 0.6) is 11.5 Å². The summed E-state index contributed by atoms with van der Waals surface area (Å²) in [6.07, 6.45) is 0. The van der Waals surface area contributed by atoms with Gasteiger partial charge in [-0.1, -0.05) is 6.07 Å². The van der Waals surface area contributed by atoms with Gasteiger partial charge in [0, 0.05) is 27.8 Å². The third kappa shape index (κ3) is 3.73. The summed E-state index contributed by atoms with van der Waals surface area (Å²) in [5.74, 6) is -0.280. The monoisotopic (exact) mass is 426 g/mol. The van der Waals surface area contributed by atoms with Crippen molar-refractivity contribution in [2.45, 2.75) is 6.04 Å². The molecule has 1 atom stereocenters. The van der Waals surface area contributed by atoms with Gasteiger partial charge in [-0.2, -0.15) is 0 Å². The molecule has 2 aromatic carbocycles. The zero-order valence-corrected chi connectivity index (χ0v) is 17.2. The van der Waals surface area contributed by atoms with Gasteiger partial charge in [-0.05, 0) is 41.8 Å². The summed E-state index contributed by atoms with van der Waals surface area (Å²) in [7, 11) is 2.99. The van der Waals surface area contributed by atoms with E-state index in [1.54, 1.807) is 18.2 Å². The molecule has 6 nitrogen and oxygen atoms in total. The van der Waals surface area contributed by atoms with E-state index < -0.39 is 17.8 Å². The Labute approximate surface area is 176 Å². The normalized spacial score (nSPS) is 15.8. The molecular formula is C22H19FN2O4S. The zero-order chi connectivity index (χ0) is 21.3. The summed E-state index contributed by atoms with van der Waals surface area (Å²) in [6, 6.07) is 12.1. The predicted octanol–water partition coefficient (Wildman–Crippen LogP) is 4.09. The second kappa shape index (κ2) is 8.16. The maximum Gasteiger partial charge on any atom is 0.255 e. The first-order chi connectivity index (χ1) is 14.5. The van der Waals surface area contributed by atoms with E-state index in [1.807, 2.05) is 17.5 Å². The molecule has 0 bridgehead atoms. The van der Waals surface area contributed by atoms with Gasteiger partial charge in [0.1, 0.15) is 23.9 Å². The fourth-order valence-electron chi connectivity index (χ4n) is 3.52. The molecule has 0 aliphatic carbocycles. The molecule has 1 aromatic heterocycles. The Kier molecular flexibility index (Phi) is 5.41. The van der Waals surface area contributed by atoms with Gasteiger partial charge in [0.05, 0.1) is 20.3 Å². The Balaban J connectivity index is 1.86. The van der Waals surface area contributed by atoms with Gasteiger partial charge < -0.3 is 19.7 Å². The third-order valence-electron chi connectivity index (χ3n) is 4.88. The molecule has 0 radical (unpaired) electrons. The molecule has 1 unspecified atom stereocenters. The van der Waals surface area contributed by atoms with Crippen LogP contribution in [0.2, 0.25) is 0 Å². The standard InChI is InChI=1S/C22H19FN2O4S/c1-28-15-8-13(9-16(11-15)29-2)22(27)25-12-20(26)24-18-6-5-14(23)10-17(18)21(25)19-4-3-7-30-19/h3-11,21H,12H2,1-2H3,(H,24,26). The van der Waals surface area contributed by atoms with E-state index >= 15 is 0 Å². The van der Waals surface area contributed by atoms with Crippen molar-refractivity contribution >= 4 is 28.8 Å². The Morgan fingerprint density at radius 2 is 1.87 bits per heavy atom. The van der Waals surface area contributed by atoms with Gasteiger partial charge in [-0.15, -0.1) is 11.3 Å². The second-order valence-corrected chi connectivity index (χ2v) is 7.71. The summed E-state index contributed by atoms with van der Waals surface area (Å²) in [5.41, 5.74) is 1.31. The van der Waals surface area contributed by atoms with Crippen molar-refractivity contribution in [3.63, 3.8) is 0 Å². The summed E-state index contributed by atoms with van der Waals surface area (Å²) < 4.78 is 24.7. The smallest absolute Gasteiger partial charge is 0.255 e. The fourth-order valence-corrected chi connectivity index (χ4v) is 4.37. The molecule has 8 heteroatoms. The lowest BCUT2D eigenvalue weighted by Gasteiger charge is -2.29. The van der Waals surface area contributed by atoms with Gasteiger partial charge in [-0.25, -0.2) is 4.39 Å². The lowest BCUT2D eigenvalue weighted by atomic mass is 10.0. The molecule has 3 aromatic rings. The first-order valence-corrected chi connectivity index (χ1v) is 10.0. The summed E-state index contributed by atoms with van der Waals surface area (Å²) in [4.78, 5) is 28.4. The largest absolute Gasteiger partial charge is 0.497 e. The van der Waals surface area contributed by atoms with Crippen LogP contribution in [0.15, 0.2) is 53.9 Å². The van der Waals surface area contributed by atoms with Gasteiger partial charge in [0.25, 0.3) is 5.91 Å². The van der Waals surface area contributed by atoms with E-state index in [0.717, 1.165) is 4.88 Å². The van der Waals surface area contributed by atoms with Crippen molar-refractivity contribution in [2.75, 3.05) is 26.1 Å². The van der Waals surface area contributed by atoms with Crippen LogP contribution in [0.3, 0.4) is 0 Å². The van der Waals surface area contributed by atoms with Crippen LogP contribution < -0.4 is 14.8 Å². The minimum Gasteiger partial charge on any atom is -0.497 e. The van der Waals surface area contributed by atoms with E-state index in [9.17, 15) is 14.0 Å². The highest BCUT2D eigenvalue weighted by atomic mass is 32.1. The number of anilines is 1. The number of nitrogens with one attached hydrogen (secondary N) is 1. The minimum atomic E-state index is -0.626. The zero-order valence-electron chi connectivity index (χ0n) is 16.3. The van der Waals surface area contributed by atoms with Gasteiger partial charge in [0.15, 0.2) is 0 Å². The number of halogens is 1. The molecule has 4 rings (SSSR count). The van der Waals surface area contributed by atoms with Crippen molar-refractivity contribution in [2.24, 2.45) is 0 Å². The van der Waals surface area contributed by atoms with E-state index in [0.29, 0.717) is 28.3 Å². The number of thiophene rings is 1. The lowest BCUT2D eigenvalue weighted by Crippen LogP contribution is -2.38. The molecular weight excluding hydrogens is 407 g/mol. The SMILES string of the molecule is COc1cc(OC)cc(C(=O)N2CC(=O)Nc3ccc(F)cc3C2c2cccs2)c1. The van der Waals surface area contributed by atoms with E-state index in [2.05, 4.69) is 5.32 Å². The molecule has 0 spiro atoms. The highest BCUT2D eigenvalue weighted by molar-refractivity contribution is 7.10. The topological polar surface area (TPSA) is 67.9 Å². The highest BCUT2D eigenvalue weighted by Crippen LogP contribution is 2.39. The summed E-state index contributed by atoms with van der Waals surface area (Å²) >= 11 is 1.44. The van der Waals surface area contributed by atoms with Crippen molar-refractivity contribution in [3.05, 3.63) is 75.7 Å². The summed E-state index contributed by atoms with van der Waals surface area (Å²) in [5, 5.41) is 4.66. The van der Waals surface area contributed by atoms with Crippen LogP contribution in [-0.2, 0) is 4.79 Å². The lowest BCUT2D eigenvalue weighted by molar-refractivity contribution is -0.117. The molecule has 0 saturated heterocycles. The maximum absolute atomic E-state index is 14.1. The van der Waals surface area contributed by atoms with Crippen LogP contribution in [0, 0.1) is 5.82 Å². The van der Waals surface area contributed by atoms with Crippen molar-refractivity contribution < 1.29 is 23.5 Å². The first-order valence-electron chi connectivity index (χ1n) is 9.17. The number of benzene rings is 2. The Hall–Kier alpha value is -3.39. The van der Waals surface area contributed by atoms with E-state index in [1.165, 1.54) is 48.7 Å². The number of methoxy groups -OCH3 is 2. The number of hydrogen-bond donors (Lipinski definition) is 1. The van der Waals surface area contributed by atoms with Crippen molar-refractivity contribution in [1.29, 1.82) is 0 Å². The average molecular weight is 426 g/mol. The van der Waals surface area contributed by atoms with Crippen LogP contribution >= 0.6 is 11.3 Å². The average Bonchev–Trinajstić information content (AvgIpc) is 3.23. The number of hydrogen-bond acceptors (Lipinski definition) is 5. The molecule has 0 fully saturated rings. The molecule has 1 N–H and O–H groups in total. The predicted molar refractivity (Wildman–Crippen MR) is 112 cm³/mol. The molecule has 154 valence electrons. The van der Waals surface area contributed by atoms with Gasteiger partial charge in [-0.3, -0.25) is 9.59 Å². The molecule has 30 heavy (non-hydrogen) atoms. The Morgan fingerprint density at radius 1 is 1.13 bits per heavy atom. The number of ether oxygens (including phenoxy) is 2. The van der Waals surface area contributed by atoms with Crippen LogP contribution in [0.4, 0.5) is 10.1 Å². The molecule has 2 heterocycles. The molecule has 1 aliphatic heterocycles. The number of rotatable bonds is 4. The van der Waals surface area contributed by atoms with Crippen LogP contribution in [0.1, 0.15) is 26.8 Å². The van der Waals surface area contributed by atoms with Crippen LogP contribution in [0.25, 0.3) is 0 Å². The number of carbonyl (C=O) groups excluding carboxylic acids is 2. The third-order valence-corrected chi connectivity index (χ3v) is 5.80. The van der Waals surface area contributed by atoms with Crippen molar-refractivity contribution in [1.82, 2.24) is 4.90 Å².